The number of methoxy groups -OCH3 is 2. The molecule has 0 spiro atoms. The smallest absolute Gasteiger partial charge is 0.246 e. The van der Waals surface area contributed by atoms with Crippen molar-refractivity contribution in [3.63, 3.8) is 0 Å². The highest BCUT2D eigenvalue weighted by Crippen LogP contribution is 2.27. The number of carbonyl (C=O) groups excluding carboxylic acids is 1. The Kier molecular flexibility index (Phi) is 6.63. The Morgan fingerprint density at radius 1 is 1.00 bits per heavy atom. The van der Waals surface area contributed by atoms with Gasteiger partial charge in [0.05, 0.1) is 19.1 Å². The van der Waals surface area contributed by atoms with Crippen molar-refractivity contribution in [1.82, 2.24) is 9.21 Å². The van der Waals surface area contributed by atoms with Crippen LogP contribution in [0.5, 0.6) is 17.2 Å². The van der Waals surface area contributed by atoms with E-state index in [0.29, 0.717) is 30.2 Å². The largest absolute Gasteiger partial charge is 0.504 e. The van der Waals surface area contributed by atoms with E-state index in [1.165, 1.54) is 42.8 Å². The van der Waals surface area contributed by atoms with E-state index in [0.717, 1.165) is 0 Å². The van der Waals surface area contributed by atoms with Crippen LogP contribution in [0.25, 0.3) is 6.08 Å². The van der Waals surface area contributed by atoms with Gasteiger partial charge in [-0.1, -0.05) is 6.07 Å². The summed E-state index contributed by atoms with van der Waals surface area (Å²) in [6.45, 7) is 1.05. The zero-order chi connectivity index (χ0) is 21.7. The molecule has 0 unspecified atom stereocenters. The van der Waals surface area contributed by atoms with Crippen molar-refractivity contribution < 1.29 is 27.8 Å². The van der Waals surface area contributed by atoms with Gasteiger partial charge in [0.15, 0.2) is 11.5 Å². The Morgan fingerprint density at radius 3 is 2.27 bits per heavy atom. The van der Waals surface area contributed by atoms with Crippen molar-refractivity contribution in [2.75, 3.05) is 40.4 Å². The number of hydrogen-bond donors (Lipinski definition) is 1. The van der Waals surface area contributed by atoms with Crippen LogP contribution in [0.2, 0.25) is 0 Å². The maximum Gasteiger partial charge on any atom is 0.246 e. The molecule has 0 bridgehead atoms. The summed E-state index contributed by atoms with van der Waals surface area (Å²) in [6.07, 6.45) is 3.06. The molecule has 0 saturated carbocycles. The van der Waals surface area contributed by atoms with Crippen molar-refractivity contribution >= 4 is 22.0 Å². The Morgan fingerprint density at radius 2 is 1.67 bits per heavy atom. The highest BCUT2D eigenvalue weighted by atomic mass is 32.2. The molecule has 160 valence electrons. The number of phenolic OH excluding ortho intramolecular Hbond substituents is 1. The van der Waals surface area contributed by atoms with E-state index in [9.17, 15) is 18.3 Å². The van der Waals surface area contributed by atoms with E-state index in [1.807, 2.05) is 0 Å². The first-order valence-electron chi connectivity index (χ1n) is 9.33. The van der Waals surface area contributed by atoms with Gasteiger partial charge >= 0.3 is 0 Å². The van der Waals surface area contributed by atoms with E-state index in [2.05, 4.69) is 0 Å². The fraction of sp³-hybridized carbons (Fsp3) is 0.286. The van der Waals surface area contributed by atoms with Gasteiger partial charge in [-0.2, -0.15) is 4.31 Å². The van der Waals surface area contributed by atoms with E-state index < -0.39 is 10.0 Å². The van der Waals surface area contributed by atoms with E-state index in [4.69, 9.17) is 9.47 Å². The van der Waals surface area contributed by atoms with Gasteiger partial charge in [0.1, 0.15) is 5.75 Å². The monoisotopic (exact) mass is 432 g/mol. The first kappa shape index (κ1) is 21.7. The van der Waals surface area contributed by atoms with Gasteiger partial charge in [-0.05, 0) is 48.0 Å². The van der Waals surface area contributed by atoms with E-state index in [1.54, 1.807) is 35.2 Å². The molecule has 1 heterocycles. The molecular formula is C21H24N2O6S. The van der Waals surface area contributed by atoms with Crippen LogP contribution in [0.15, 0.2) is 53.4 Å². The van der Waals surface area contributed by atoms with Gasteiger partial charge in [-0.25, -0.2) is 8.42 Å². The van der Waals surface area contributed by atoms with Gasteiger partial charge < -0.3 is 19.5 Å². The van der Waals surface area contributed by atoms with Crippen molar-refractivity contribution in [3.05, 3.63) is 54.1 Å². The molecule has 30 heavy (non-hydrogen) atoms. The third kappa shape index (κ3) is 4.74. The average Bonchev–Trinajstić information content (AvgIpc) is 2.78. The summed E-state index contributed by atoms with van der Waals surface area (Å²) in [5.41, 5.74) is 0.707. The number of benzene rings is 2. The molecule has 8 nitrogen and oxygen atoms in total. The summed E-state index contributed by atoms with van der Waals surface area (Å²) in [7, 11) is -0.647. The Labute approximate surface area is 176 Å². The van der Waals surface area contributed by atoms with Crippen molar-refractivity contribution in [3.8, 4) is 17.2 Å². The second kappa shape index (κ2) is 9.19. The summed E-state index contributed by atoms with van der Waals surface area (Å²) >= 11 is 0. The van der Waals surface area contributed by atoms with Gasteiger partial charge in [-0.3, -0.25) is 4.79 Å². The average molecular weight is 432 g/mol. The van der Waals surface area contributed by atoms with Crippen LogP contribution in [0, 0.1) is 0 Å². The topological polar surface area (TPSA) is 96.4 Å². The standard InChI is InChI=1S/C21H24N2O6S/c1-28-17-5-7-18(8-6-17)30(26,27)23-13-11-22(12-14-23)21(25)10-4-16-3-9-19(24)20(15-16)29-2/h3-10,15,24H,11-14H2,1-2H3/b10-4+. The molecule has 0 atom stereocenters. The predicted octanol–water partition coefficient (Wildman–Crippen LogP) is 1.96. The third-order valence-corrected chi connectivity index (χ3v) is 6.78. The number of rotatable bonds is 6. The molecule has 3 rings (SSSR count). The summed E-state index contributed by atoms with van der Waals surface area (Å²) in [6, 6.07) is 11.0. The first-order chi connectivity index (χ1) is 14.3. The van der Waals surface area contributed by atoms with Gasteiger partial charge in [-0.15, -0.1) is 0 Å². The molecule has 1 amide bonds. The number of aromatic hydroxyl groups is 1. The van der Waals surface area contributed by atoms with Crippen molar-refractivity contribution in [1.29, 1.82) is 0 Å². The van der Waals surface area contributed by atoms with Crippen LogP contribution < -0.4 is 9.47 Å². The number of amides is 1. The van der Waals surface area contributed by atoms with Crippen LogP contribution in [-0.2, 0) is 14.8 Å². The van der Waals surface area contributed by atoms with Crippen LogP contribution in [0.3, 0.4) is 0 Å². The summed E-state index contributed by atoms with van der Waals surface area (Å²) in [5, 5.41) is 9.63. The zero-order valence-corrected chi connectivity index (χ0v) is 17.6. The van der Waals surface area contributed by atoms with Gasteiger partial charge in [0.2, 0.25) is 15.9 Å². The van der Waals surface area contributed by atoms with Crippen LogP contribution in [-0.4, -0.2) is 69.0 Å². The predicted molar refractivity (Wildman–Crippen MR) is 112 cm³/mol. The minimum absolute atomic E-state index is 0.0233. The second-order valence-electron chi connectivity index (χ2n) is 6.67. The summed E-state index contributed by atoms with van der Waals surface area (Å²) in [4.78, 5) is 14.3. The maximum atomic E-state index is 12.8. The lowest BCUT2D eigenvalue weighted by atomic mass is 10.2. The molecular weight excluding hydrogens is 408 g/mol. The Balaban J connectivity index is 1.61. The lowest BCUT2D eigenvalue weighted by Gasteiger charge is -2.33. The molecule has 9 heteroatoms. The van der Waals surface area contributed by atoms with Crippen molar-refractivity contribution in [2.24, 2.45) is 0 Å². The molecule has 2 aromatic carbocycles. The molecule has 1 fully saturated rings. The zero-order valence-electron chi connectivity index (χ0n) is 16.8. The summed E-state index contributed by atoms with van der Waals surface area (Å²) in [5.74, 6) is 0.725. The fourth-order valence-electron chi connectivity index (χ4n) is 3.12. The number of piperazine rings is 1. The number of nitrogens with zero attached hydrogens (tertiary/aromatic N) is 2. The molecule has 0 aliphatic carbocycles. The van der Waals surface area contributed by atoms with Crippen molar-refractivity contribution in [2.45, 2.75) is 4.90 Å². The van der Waals surface area contributed by atoms with Gasteiger partial charge in [0.25, 0.3) is 0 Å². The molecule has 1 aliphatic rings. The Hall–Kier alpha value is -3.04. The highest BCUT2D eigenvalue weighted by Gasteiger charge is 2.29. The van der Waals surface area contributed by atoms with E-state index >= 15 is 0 Å². The number of ether oxygens (including phenoxy) is 2. The van der Waals surface area contributed by atoms with Crippen LogP contribution >= 0.6 is 0 Å². The SMILES string of the molecule is COc1ccc(S(=O)(=O)N2CCN(C(=O)/C=C/c3ccc(O)c(OC)c3)CC2)cc1. The minimum Gasteiger partial charge on any atom is -0.504 e. The summed E-state index contributed by atoms with van der Waals surface area (Å²) < 4.78 is 37.1. The first-order valence-corrected chi connectivity index (χ1v) is 10.8. The molecule has 0 aromatic heterocycles. The lowest BCUT2D eigenvalue weighted by Crippen LogP contribution is -2.50. The molecule has 1 saturated heterocycles. The van der Waals surface area contributed by atoms with Crippen LogP contribution in [0.1, 0.15) is 5.56 Å². The number of phenols is 1. The fourth-order valence-corrected chi connectivity index (χ4v) is 4.54. The highest BCUT2D eigenvalue weighted by molar-refractivity contribution is 7.89. The number of sulfonamides is 1. The number of carbonyl (C=O) groups is 1. The lowest BCUT2D eigenvalue weighted by molar-refractivity contribution is -0.127. The van der Waals surface area contributed by atoms with Gasteiger partial charge in [0, 0.05) is 32.3 Å². The van der Waals surface area contributed by atoms with Crippen LogP contribution in [0.4, 0.5) is 0 Å². The minimum atomic E-state index is -3.62. The molecule has 1 aliphatic heterocycles. The van der Waals surface area contributed by atoms with E-state index in [-0.39, 0.29) is 29.6 Å². The third-order valence-electron chi connectivity index (χ3n) is 4.87. The second-order valence-corrected chi connectivity index (χ2v) is 8.61. The molecule has 0 radical (unpaired) electrons. The molecule has 2 aromatic rings. The normalized spacial score (nSPS) is 15.3. The Bertz CT molecular complexity index is 1030. The quantitative estimate of drug-likeness (QED) is 0.701. The molecule has 1 N–H and O–H groups in total. The maximum absolute atomic E-state index is 12.8. The number of hydrogen-bond acceptors (Lipinski definition) is 6.